The van der Waals surface area contributed by atoms with Crippen LogP contribution in [0.5, 0.6) is 0 Å². The number of Topliss-reactive ketones (excluding diaryl/α,β-unsaturated/α-hetero) is 1. The van der Waals surface area contributed by atoms with Gasteiger partial charge in [-0.05, 0) is 36.2 Å². The zero-order valence-electron chi connectivity index (χ0n) is 13.4. The van der Waals surface area contributed by atoms with E-state index in [1.807, 2.05) is 0 Å². The van der Waals surface area contributed by atoms with Gasteiger partial charge in [0, 0.05) is 29.0 Å². The fourth-order valence-corrected chi connectivity index (χ4v) is 3.50. The Balaban J connectivity index is 1.98. The number of benzene rings is 2. The van der Waals surface area contributed by atoms with Crippen molar-refractivity contribution >= 4 is 46.7 Å². The molecule has 0 aliphatic rings. The Hall–Kier alpha value is -1.56. The van der Waals surface area contributed by atoms with Gasteiger partial charge in [-0.2, -0.15) is 0 Å². The highest BCUT2D eigenvalue weighted by Gasteiger charge is 2.12. The average molecular weight is 400 g/mol. The number of thioether (sulfide) groups is 1. The van der Waals surface area contributed by atoms with Gasteiger partial charge in [-0.25, -0.2) is 4.39 Å². The second kappa shape index (κ2) is 9.22. The standard InChI is InChI=1S/C18H16Cl2FNO2S/c1-11(23)22-7-6-12-2-3-13(8-16(12)21)17(24)10-25-18-9-14(19)4-5-15(18)20/h2-5,8-9H,6-7,10H2,1H3,(H,22,23). The van der Waals surface area contributed by atoms with Crippen molar-refractivity contribution in [2.45, 2.75) is 18.2 Å². The van der Waals surface area contributed by atoms with Crippen LogP contribution < -0.4 is 5.32 Å². The minimum atomic E-state index is -0.456. The highest BCUT2D eigenvalue weighted by molar-refractivity contribution is 8.00. The van der Waals surface area contributed by atoms with Gasteiger partial charge in [0.25, 0.3) is 0 Å². The number of carbonyl (C=O) groups excluding carboxylic acids is 2. The highest BCUT2D eigenvalue weighted by atomic mass is 35.5. The largest absolute Gasteiger partial charge is 0.356 e. The molecular formula is C18H16Cl2FNO2S. The third-order valence-corrected chi connectivity index (χ3v) is 5.13. The molecule has 0 fully saturated rings. The lowest BCUT2D eigenvalue weighted by atomic mass is 10.1. The van der Waals surface area contributed by atoms with Crippen molar-refractivity contribution in [3.63, 3.8) is 0 Å². The van der Waals surface area contributed by atoms with Gasteiger partial charge in [0.1, 0.15) is 5.82 Å². The number of rotatable bonds is 7. The fraction of sp³-hybridized carbons (Fsp3) is 0.222. The zero-order chi connectivity index (χ0) is 18.4. The summed E-state index contributed by atoms with van der Waals surface area (Å²) in [6.07, 6.45) is 0.368. The maximum atomic E-state index is 14.1. The molecule has 1 N–H and O–H groups in total. The predicted octanol–water partition coefficient (Wildman–Crippen LogP) is 4.79. The van der Waals surface area contributed by atoms with Gasteiger partial charge >= 0.3 is 0 Å². The van der Waals surface area contributed by atoms with E-state index >= 15 is 0 Å². The summed E-state index contributed by atoms with van der Waals surface area (Å²) in [5.41, 5.74) is 0.752. The van der Waals surface area contributed by atoms with Crippen molar-refractivity contribution in [1.29, 1.82) is 0 Å². The summed E-state index contributed by atoms with van der Waals surface area (Å²) < 4.78 is 14.1. The molecule has 0 radical (unpaired) electrons. The van der Waals surface area contributed by atoms with Gasteiger partial charge in [-0.15, -0.1) is 11.8 Å². The van der Waals surface area contributed by atoms with Crippen LogP contribution in [0.1, 0.15) is 22.8 Å². The smallest absolute Gasteiger partial charge is 0.216 e. The molecule has 0 aliphatic carbocycles. The van der Waals surface area contributed by atoms with Crippen LogP contribution in [0.2, 0.25) is 10.0 Å². The number of nitrogens with one attached hydrogen (secondary N) is 1. The maximum Gasteiger partial charge on any atom is 0.216 e. The number of carbonyl (C=O) groups is 2. The second-order valence-electron chi connectivity index (χ2n) is 5.33. The molecule has 0 aromatic heterocycles. The first kappa shape index (κ1) is 19.8. The van der Waals surface area contributed by atoms with Crippen LogP contribution in [0.15, 0.2) is 41.3 Å². The predicted molar refractivity (Wildman–Crippen MR) is 100 cm³/mol. The zero-order valence-corrected chi connectivity index (χ0v) is 15.8. The minimum Gasteiger partial charge on any atom is -0.356 e. The molecule has 0 atom stereocenters. The van der Waals surface area contributed by atoms with Crippen molar-refractivity contribution < 1.29 is 14.0 Å². The Morgan fingerprint density at radius 3 is 2.60 bits per heavy atom. The Bertz CT molecular complexity index is 799. The lowest BCUT2D eigenvalue weighted by molar-refractivity contribution is -0.118. The SMILES string of the molecule is CC(=O)NCCc1ccc(C(=O)CSc2cc(Cl)ccc2Cl)cc1F. The first-order valence-electron chi connectivity index (χ1n) is 7.50. The van der Waals surface area contributed by atoms with E-state index in [0.717, 1.165) is 0 Å². The average Bonchev–Trinajstić information content (AvgIpc) is 2.56. The molecule has 0 aliphatic heterocycles. The van der Waals surface area contributed by atoms with Crippen molar-refractivity contribution in [3.8, 4) is 0 Å². The summed E-state index contributed by atoms with van der Waals surface area (Å²) >= 11 is 13.2. The summed E-state index contributed by atoms with van der Waals surface area (Å²) in [4.78, 5) is 23.8. The third-order valence-electron chi connectivity index (χ3n) is 3.40. The van der Waals surface area contributed by atoms with Crippen LogP contribution in [0.25, 0.3) is 0 Å². The first-order valence-corrected chi connectivity index (χ1v) is 9.25. The Labute approximate surface area is 159 Å². The summed E-state index contributed by atoms with van der Waals surface area (Å²) in [7, 11) is 0. The topological polar surface area (TPSA) is 46.2 Å². The summed E-state index contributed by atoms with van der Waals surface area (Å²) in [5, 5.41) is 3.66. The molecule has 2 rings (SSSR count). The van der Waals surface area contributed by atoms with Gasteiger partial charge in [0.2, 0.25) is 5.91 Å². The number of hydrogen-bond donors (Lipinski definition) is 1. The highest BCUT2D eigenvalue weighted by Crippen LogP contribution is 2.30. The molecule has 0 saturated heterocycles. The van der Waals surface area contributed by atoms with E-state index in [4.69, 9.17) is 23.2 Å². The quantitative estimate of drug-likeness (QED) is 0.537. The molecule has 7 heteroatoms. The van der Waals surface area contributed by atoms with Crippen LogP contribution in [0, 0.1) is 5.82 Å². The number of amides is 1. The van der Waals surface area contributed by atoms with E-state index in [1.165, 1.54) is 24.8 Å². The van der Waals surface area contributed by atoms with Crippen LogP contribution in [0.3, 0.4) is 0 Å². The van der Waals surface area contributed by atoms with Crippen molar-refractivity contribution in [2.75, 3.05) is 12.3 Å². The fourth-order valence-electron chi connectivity index (χ4n) is 2.11. The van der Waals surface area contributed by atoms with E-state index in [2.05, 4.69) is 5.32 Å². The summed E-state index contributed by atoms with van der Waals surface area (Å²) in [6, 6.07) is 9.42. The van der Waals surface area contributed by atoms with Crippen LogP contribution >= 0.6 is 35.0 Å². The Morgan fingerprint density at radius 2 is 1.92 bits per heavy atom. The Morgan fingerprint density at radius 1 is 1.16 bits per heavy atom. The number of hydrogen-bond acceptors (Lipinski definition) is 3. The Kier molecular flexibility index (Phi) is 7.29. The normalized spacial score (nSPS) is 10.6. The van der Waals surface area contributed by atoms with Crippen molar-refractivity contribution in [1.82, 2.24) is 5.32 Å². The lowest BCUT2D eigenvalue weighted by Crippen LogP contribution is -2.22. The molecule has 0 heterocycles. The van der Waals surface area contributed by atoms with E-state index in [9.17, 15) is 14.0 Å². The van der Waals surface area contributed by atoms with Crippen LogP contribution in [0.4, 0.5) is 4.39 Å². The van der Waals surface area contributed by atoms with Gasteiger partial charge in [0.05, 0.1) is 10.8 Å². The van der Waals surface area contributed by atoms with Crippen LogP contribution in [-0.2, 0) is 11.2 Å². The second-order valence-corrected chi connectivity index (χ2v) is 7.19. The minimum absolute atomic E-state index is 0.130. The molecule has 3 nitrogen and oxygen atoms in total. The van der Waals surface area contributed by atoms with Gasteiger partial charge in [-0.1, -0.05) is 35.3 Å². The van der Waals surface area contributed by atoms with E-state index in [1.54, 1.807) is 30.3 Å². The molecule has 0 bridgehead atoms. The molecular weight excluding hydrogens is 384 g/mol. The van der Waals surface area contributed by atoms with Gasteiger partial charge < -0.3 is 5.32 Å². The molecule has 25 heavy (non-hydrogen) atoms. The van der Waals surface area contributed by atoms with Gasteiger partial charge in [0.15, 0.2) is 5.78 Å². The van der Waals surface area contributed by atoms with E-state index in [0.29, 0.717) is 39.0 Å². The molecule has 2 aromatic carbocycles. The van der Waals surface area contributed by atoms with E-state index < -0.39 is 5.82 Å². The maximum absolute atomic E-state index is 14.1. The summed E-state index contributed by atoms with van der Waals surface area (Å²) in [6.45, 7) is 1.75. The lowest BCUT2D eigenvalue weighted by Gasteiger charge is -2.07. The molecule has 0 unspecified atom stereocenters. The molecule has 0 saturated carbocycles. The molecule has 2 aromatic rings. The first-order chi connectivity index (χ1) is 11.9. The molecule has 1 amide bonds. The monoisotopic (exact) mass is 399 g/mol. The summed E-state index contributed by atoms with van der Waals surface area (Å²) in [5.74, 6) is -0.690. The van der Waals surface area contributed by atoms with E-state index in [-0.39, 0.29) is 17.4 Å². The van der Waals surface area contributed by atoms with Crippen LogP contribution in [-0.4, -0.2) is 24.0 Å². The number of halogens is 3. The third kappa shape index (κ3) is 6.03. The molecule has 132 valence electrons. The number of ketones is 1. The van der Waals surface area contributed by atoms with Gasteiger partial charge in [-0.3, -0.25) is 9.59 Å². The van der Waals surface area contributed by atoms with Crippen molar-refractivity contribution in [3.05, 3.63) is 63.4 Å². The van der Waals surface area contributed by atoms with Crippen molar-refractivity contribution in [2.24, 2.45) is 0 Å². The molecule has 0 spiro atoms.